The normalized spacial score (nSPS) is 21.0. The van der Waals surface area contributed by atoms with E-state index in [-0.39, 0.29) is 15.8 Å². The fraction of sp³-hybridized carbons (Fsp3) is 0. The first-order valence-electron chi connectivity index (χ1n) is 3.01. The van der Waals surface area contributed by atoms with E-state index in [1.165, 1.54) is 6.08 Å². The van der Waals surface area contributed by atoms with Gasteiger partial charge in [-0.1, -0.05) is 23.2 Å². The molecule has 0 radical (unpaired) electrons. The van der Waals surface area contributed by atoms with E-state index in [4.69, 9.17) is 23.2 Å². The average molecular weight is 202 g/mol. The summed E-state index contributed by atoms with van der Waals surface area (Å²) in [6.45, 7) is 0. The van der Waals surface area contributed by atoms with Gasteiger partial charge in [-0.05, 0) is 5.22 Å². The highest BCUT2D eigenvalue weighted by atomic mass is 35.5. The standard InChI is InChI=1S/C6HCl2N3O/c7-4-3(12)1-2-6(5(4)8)10-11-9-2/h1H. The molecule has 0 aromatic heterocycles. The second kappa shape index (κ2) is 2.50. The maximum absolute atomic E-state index is 11.0. The summed E-state index contributed by atoms with van der Waals surface area (Å²) in [7, 11) is 0. The summed E-state index contributed by atoms with van der Waals surface area (Å²) in [5.41, 5.74) is 0.732. The Hall–Kier alpha value is -1.000. The topological polar surface area (TPSA) is 54.1 Å². The molecule has 0 atom stereocenters. The van der Waals surface area contributed by atoms with Gasteiger partial charge in [-0.3, -0.25) is 4.79 Å². The quantitative estimate of drug-likeness (QED) is 0.554. The van der Waals surface area contributed by atoms with E-state index in [1.54, 1.807) is 0 Å². The van der Waals surface area contributed by atoms with E-state index in [2.05, 4.69) is 15.4 Å². The van der Waals surface area contributed by atoms with Gasteiger partial charge in [0.05, 0.1) is 5.03 Å². The van der Waals surface area contributed by atoms with Gasteiger partial charge >= 0.3 is 0 Å². The summed E-state index contributed by atoms with van der Waals surface area (Å²) in [5, 5.41) is 10.6. The van der Waals surface area contributed by atoms with Crippen molar-refractivity contribution in [3.8, 4) is 0 Å². The molecule has 1 aliphatic heterocycles. The number of carbonyl (C=O) groups is 1. The largest absolute Gasteiger partial charge is 0.288 e. The molecule has 0 spiro atoms. The van der Waals surface area contributed by atoms with Crippen molar-refractivity contribution in [2.75, 3.05) is 0 Å². The molecule has 1 aliphatic carbocycles. The molecular weight excluding hydrogens is 201 g/mol. The zero-order valence-electron chi connectivity index (χ0n) is 5.58. The summed E-state index contributed by atoms with van der Waals surface area (Å²) in [6, 6.07) is 0. The Labute approximate surface area is 77.3 Å². The van der Waals surface area contributed by atoms with E-state index >= 15 is 0 Å². The highest BCUT2D eigenvalue weighted by Gasteiger charge is 2.27. The number of hydrogen-bond acceptors (Lipinski definition) is 4. The number of hydrogen-bond donors (Lipinski definition) is 0. The Kier molecular flexibility index (Phi) is 1.59. The zero-order chi connectivity index (χ0) is 8.72. The van der Waals surface area contributed by atoms with Crippen LogP contribution in [0.4, 0.5) is 0 Å². The van der Waals surface area contributed by atoms with Crippen molar-refractivity contribution in [3.05, 3.63) is 21.8 Å². The second-order valence-electron chi connectivity index (χ2n) is 2.16. The molecule has 0 aromatic rings. The van der Waals surface area contributed by atoms with Gasteiger partial charge in [0.25, 0.3) is 0 Å². The van der Waals surface area contributed by atoms with E-state index in [9.17, 15) is 4.79 Å². The van der Waals surface area contributed by atoms with Crippen LogP contribution < -0.4 is 0 Å². The number of ketones is 1. The molecule has 1 heterocycles. The molecular formula is C6HCl2N3O. The highest BCUT2D eigenvalue weighted by molar-refractivity contribution is 6.59. The maximum Gasteiger partial charge on any atom is 0.201 e. The fourth-order valence-electron chi connectivity index (χ4n) is 0.867. The van der Waals surface area contributed by atoms with Gasteiger partial charge in [0, 0.05) is 6.08 Å². The third kappa shape index (κ3) is 0.922. The van der Waals surface area contributed by atoms with Crippen LogP contribution in [0.3, 0.4) is 0 Å². The van der Waals surface area contributed by atoms with Crippen molar-refractivity contribution in [3.63, 3.8) is 0 Å². The van der Waals surface area contributed by atoms with Crippen molar-refractivity contribution in [1.29, 1.82) is 0 Å². The number of nitrogens with zero attached hydrogens (tertiary/aromatic N) is 3. The van der Waals surface area contributed by atoms with Crippen LogP contribution in [-0.4, -0.2) is 11.5 Å². The molecule has 6 heteroatoms. The molecule has 0 saturated heterocycles. The van der Waals surface area contributed by atoms with Crippen LogP contribution in [0, 0.1) is 0 Å². The summed E-state index contributed by atoms with van der Waals surface area (Å²) in [4.78, 5) is 11.0. The lowest BCUT2D eigenvalue weighted by molar-refractivity contribution is -0.110. The van der Waals surface area contributed by atoms with E-state index in [1.807, 2.05) is 0 Å². The Morgan fingerprint density at radius 1 is 1.25 bits per heavy atom. The molecule has 0 aromatic carbocycles. The number of allylic oxidation sites excluding steroid dienone is 3. The molecule has 0 amide bonds. The number of fused-ring (bicyclic) bond motifs is 1. The first kappa shape index (κ1) is 7.64. The van der Waals surface area contributed by atoms with Crippen LogP contribution in [0.25, 0.3) is 0 Å². The Bertz CT molecular complexity index is 389. The molecule has 2 aliphatic rings. The van der Waals surface area contributed by atoms with Gasteiger partial charge in [-0.2, -0.15) is 0 Å². The van der Waals surface area contributed by atoms with Crippen molar-refractivity contribution in [2.24, 2.45) is 15.4 Å². The summed E-state index contributed by atoms with van der Waals surface area (Å²) in [5.74, 6) is -0.364. The molecule has 0 unspecified atom stereocenters. The fourth-order valence-corrected chi connectivity index (χ4v) is 1.24. The third-order valence-electron chi connectivity index (χ3n) is 1.42. The summed E-state index contributed by atoms with van der Waals surface area (Å²) in [6.07, 6.45) is 1.25. The van der Waals surface area contributed by atoms with Crippen LogP contribution in [0.1, 0.15) is 0 Å². The maximum atomic E-state index is 11.0. The zero-order valence-corrected chi connectivity index (χ0v) is 7.10. The van der Waals surface area contributed by atoms with Gasteiger partial charge in [-0.15, -0.1) is 10.2 Å². The van der Waals surface area contributed by atoms with Crippen LogP contribution in [-0.2, 0) is 4.79 Å². The van der Waals surface area contributed by atoms with E-state index < -0.39 is 0 Å². The minimum Gasteiger partial charge on any atom is -0.288 e. The first-order valence-corrected chi connectivity index (χ1v) is 3.76. The monoisotopic (exact) mass is 201 g/mol. The molecule has 2 rings (SSSR count). The second-order valence-corrected chi connectivity index (χ2v) is 2.92. The molecule has 60 valence electrons. The first-order chi connectivity index (χ1) is 5.70. The van der Waals surface area contributed by atoms with Crippen molar-refractivity contribution < 1.29 is 4.79 Å². The molecule has 4 nitrogen and oxygen atoms in total. The minimum absolute atomic E-state index is 0.0357. The van der Waals surface area contributed by atoms with Gasteiger partial charge < -0.3 is 0 Å². The molecule has 0 fully saturated rings. The molecule has 0 N–H and O–H groups in total. The van der Waals surface area contributed by atoms with Gasteiger partial charge in [-0.25, -0.2) is 0 Å². The van der Waals surface area contributed by atoms with Crippen LogP contribution in [0.15, 0.2) is 37.3 Å². The Morgan fingerprint density at radius 3 is 2.75 bits per heavy atom. The van der Waals surface area contributed by atoms with Crippen LogP contribution in [0.2, 0.25) is 0 Å². The average Bonchev–Trinajstić information content (AvgIpc) is 2.48. The smallest absolute Gasteiger partial charge is 0.201 e. The van der Waals surface area contributed by atoms with E-state index in [0.29, 0.717) is 11.4 Å². The molecule has 0 saturated carbocycles. The lowest BCUT2D eigenvalue weighted by Gasteiger charge is -2.05. The third-order valence-corrected chi connectivity index (χ3v) is 2.26. The summed E-state index contributed by atoms with van der Waals surface area (Å²) < 4.78 is 0. The predicted octanol–water partition coefficient (Wildman–Crippen LogP) is 1.96. The number of carbonyl (C=O) groups excluding carboxylic acids is 1. The highest BCUT2D eigenvalue weighted by Crippen LogP contribution is 2.29. The van der Waals surface area contributed by atoms with Crippen molar-refractivity contribution in [1.82, 2.24) is 0 Å². The number of rotatable bonds is 0. The van der Waals surface area contributed by atoms with Crippen molar-refractivity contribution in [2.45, 2.75) is 0 Å². The van der Waals surface area contributed by atoms with Crippen LogP contribution >= 0.6 is 23.2 Å². The van der Waals surface area contributed by atoms with Crippen LogP contribution in [0.5, 0.6) is 0 Å². The minimum atomic E-state index is -0.364. The van der Waals surface area contributed by atoms with E-state index in [0.717, 1.165) is 0 Å². The summed E-state index contributed by atoms with van der Waals surface area (Å²) >= 11 is 11.3. The van der Waals surface area contributed by atoms with Crippen molar-refractivity contribution >= 4 is 34.7 Å². The predicted molar refractivity (Wildman–Crippen MR) is 44.1 cm³/mol. The lowest BCUT2D eigenvalue weighted by Crippen LogP contribution is -2.11. The SMILES string of the molecule is O=C1C=C2N=NN=C2C(Cl)=C1Cl. The van der Waals surface area contributed by atoms with Gasteiger partial charge in [0.15, 0.2) is 0 Å². The molecule has 12 heavy (non-hydrogen) atoms. The Morgan fingerprint density at radius 2 is 2.00 bits per heavy atom. The van der Waals surface area contributed by atoms with Gasteiger partial charge in [0.2, 0.25) is 5.78 Å². The number of halogens is 2. The molecule has 0 bridgehead atoms. The van der Waals surface area contributed by atoms with Gasteiger partial charge in [0.1, 0.15) is 16.4 Å². The Balaban J connectivity index is 2.59. The lowest BCUT2D eigenvalue weighted by atomic mass is 10.1.